The number of hydrogen-bond acceptors (Lipinski definition) is 3. The number of nitrogens with one attached hydrogen (secondary N) is 1. The lowest BCUT2D eigenvalue weighted by Crippen LogP contribution is -2.38. The highest BCUT2D eigenvalue weighted by Gasteiger charge is 2.17. The molecule has 1 fully saturated rings. The summed E-state index contributed by atoms with van der Waals surface area (Å²) in [6.07, 6.45) is 5.55. The fraction of sp³-hybridized carbons (Fsp3) is 0.714. The quantitative estimate of drug-likeness (QED) is 0.646. The monoisotopic (exact) mass is 332 g/mol. The topological polar surface area (TPSA) is 24.5 Å². The molecule has 3 heteroatoms. The molecule has 1 aliphatic heterocycles. The molecule has 1 aromatic rings. The molecular weight excluding hydrogens is 296 g/mol. The molecule has 0 unspecified atom stereocenters. The first-order chi connectivity index (χ1) is 11.7. The van der Waals surface area contributed by atoms with E-state index < -0.39 is 0 Å². The molecule has 1 saturated heterocycles. The maximum absolute atomic E-state index is 5.73. The van der Waals surface area contributed by atoms with Crippen molar-refractivity contribution >= 4 is 0 Å². The summed E-state index contributed by atoms with van der Waals surface area (Å²) in [5, 5.41) is 3.57. The molecule has 0 spiro atoms. The highest BCUT2D eigenvalue weighted by Crippen LogP contribution is 2.21. The standard InChI is InChI=1S/C21H36N2O/c1-4-5-19-10-13-23(14-11-19)15-12-22-16-20-6-8-21(9-7-20)24-17-18(2)3/h6-9,18-19,22H,4-5,10-17H2,1-3H3. The molecule has 0 saturated carbocycles. The number of rotatable bonds is 10. The summed E-state index contributed by atoms with van der Waals surface area (Å²) in [6, 6.07) is 8.49. The summed E-state index contributed by atoms with van der Waals surface area (Å²) in [5.74, 6) is 2.52. The van der Waals surface area contributed by atoms with Crippen molar-refractivity contribution in [3.05, 3.63) is 29.8 Å². The summed E-state index contributed by atoms with van der Waals surface area (Å²) in [4.78, 5) is 2.61. The Bertz CT molecular complexity index is 436. The number of hydrogen-bond donors (Lipinski definition) is 1. The van der Waals surface area contributed by atoms with E-state index in [1.54, 1.807) is 0 Å². The minimum Gasteiger partial charge on any atom is -0.493 e. The fourth-order valence-corrected chi connectivity index (χ4v) is 3.34. The molecular formula is C21H36N2O. The minimum atomic E-state index is 0.568. The predicted molar refractivity (Wildman–Crippen MR) is 103 cm³/mol. The van der Waals surface area contributed by atoms with Crippen LogP contribution in [0.25, 0.3) is 0 Å². The van der Waals surface area contributed by atoms with Crippen LogP contribution in [0.15, 0.2) is 24.3 Å². The van der Waals surface area contributed by atoms with E-state index in [9.17, 15) is 0 Å². The smallest absolute Gasteiger partial charge is 0.119 e. The van der Waals surface area contributed by atoms with E-state index in [4.69, 9.17) is 4.74 Å². The SMILES string of the molecule is CCCC1CCN(CCNCc2ccc(OCC(C)C)cc2)CC1. The van der Waals surface area contributed by atoms with Gasteiger partial charge in [0.1, 0.15) is 5.75 Å². The average Bonchev–Trinajstić information content (AvgIpc) is 2.59. The molecule has 1 heterocycles. The van der Waals surface area contributed by atoms with Gasteiger partial charge in [-0.15, -0.1) is 0 Å². The van der Waals surface area contributed by atoms with Crippen molar-refractivity contribution in [2.75, 3.05) is 32.8 Å². The molecule has 2 rings (SSSR count). The van der Waals surface area contributed by atoms with Gasteiger partial charge in [0.05, 0.1) is 6.61 Å². The number of likely N-dealkylation sites (tertiary alicyclic amines) is 1. The number of benzene rings is 1. The zero-order valence-corrected chi connectivity index (χ0v) is 15.9. The first-order valence-corrected chi connectivity index (χ1v) is 9.82. The molecule has 0 amide bonds. The van der Waals surface area contributed by atoms with Gasteiger partial charge in [0.2, 0.25) is 0 Å². The van der Waals surface area contributed by atoms with E-state index in [0.717, 1.165) is 31.4 Å². The van der Waals surface area contributed by atoms with Gasteiger partial charge >= 0.3 is 0 Å². The van der Waals surface area contributed by atoms with E-state index in [1.165, 1.54) is 50.9 Å². The Morgan fingerprint density at radius 1 is 1.17 bits per heavy atom. The van der Waals surface area contributed by atoms with Gasteiger partial charge in [0.15, 0.2) is 0 Å². The van der Waals surface area contributed by atoms with Crippen LogP contribution in [0, 0.1) is 11.8 Å². The Hall–Kier alpha value is -1.06. The zero-order chi connectivity index (χ0) is 17.2. The third-order valence-electron chi connectivity index (χ3n) is 4.84. The summed E-state index contributed by atoms with van der Waals surface area (Å²) in [6.45, 7) is 13.2. The zero-order valence-electron chi connectivity index (χ0n) is 15.9. The lowest BCUT2D eigenvalue weighted by Gasteiger charge is -2.31. The molecule has 3 nitrogen and oxygen atoms in total. The van der Waals surface area contributed by atoms with Gasteiger partial charge in [-0.05, 0) is 55.5 Å². The van der Waals surface area contributed by atoms with Gasteiger partial charge in [-0.25, -0.2) is 0 Å². The Morgan fingerprint density at radius 2 is 1.88 bits per heavy atom. The molecule has 1 aromatic carbocycles. The van der Waals surface area contributed by atoms with Crippen LogP contribution in [0.4, 0.5) is 0 Å². The van der Waals surface area contributed by atoms with Crippen molar-refractivity contribution in [1.82, 2.24) is 10.2 Å². The van der Waals surface area contributed by atoms with Crippen LogP contribution in [0.3, 0.4) is 0 Å². The molecule has 0 radical (unpaired) electrons. The van der Waals surface area contributed by atoms with Crippen molar-refractivity contribution in [3.8, 4) is 5.75 Å². The Kier molecular flexibility index (Phi) is 8.62. The maximum atomic E-state index is 5.73. The second-order valence-electron chi connectivity index (χ2n) is 7.60. The molecule has 0 aliphatic carbocycles. The van der Waals surface area contributed by atoms with Crippen LogP contribution < -0.4 is 10.1 Å². The molecule has 24 heavy (non-hydrogen) atoms. The van der Waals surface area contributed by atoms with Crippen LogP contribution in [0.2, 0.25) is 0 Å². The van der Waals surface area contributed by atoms with Gasteiger partial charge < -0.3 is 15.0 Å². The van der Waals surface area contributed by atoms with Crippen LogP contribution in [0.1, 0.15) is 52.0 Å². The van der Waals surface area contributed by atoms with Gasteiger partial charge in [-0.1, -0.05) is 45.7 Å². The van der Waals surface area contributed by atoms with Gasteiger partial charge in [-0.2, -0.15) is 0 Å². The second-order valence-corrected chi connectivity index (χ2v) is 7.60. The summed E-state index contributed by atoms with van der Waals surface area (Å²) in [7, 11) is 0. The summed E-state index contributed by atoms with van der Waals surface area (Å²) >= 11 is 0. The maximum Gasteiger partial charge on any atom is 0.119 e. The third kappa shape index (κ3) is 7.23. The van der Waals surface area contributed by atoms with E-state index in [0.29, 0.717) is 5.92 Å². The van der Waals surface area contributed by atoms with Crippen molar-refractivity contribution in [1.29, 1.82) is 0 Å². The van der Waals surface area contributed by atoms with E-state index >= 15 is 0 Å². The Balaban J connectivity index is 1.57. The predicted octanol–water partition coefficient (Wildman–Crippen LogP) is 4.32. The molecule has 136 valence electrons. The van der Waals surface area contributed by atoms with E-state index in [2.05, 4.69) is 55.3 Å². The van der Waals surface area contributed by atoms with Gasteiger partial charge in [0.25, 0.3) is 0 Å². The Morgan fingerprint density at radius 3 is 2.50 bits per heavy atom. The van der Waals surface area contributed by atoms with Crippen molar-refractivity contribution in [2.45, 2.75) is 53.0 Å². The van der Waals surface area contributed by atoms with Crippen LogP contribution in [0.5, 0.6) is 5.75 Å². The molecule has 0 atom stereocenters. The van der Waals surface area contributed by atoms with E-state index in [-0.39, 0.29) is 0 Å². The fourth-order valence-electron chi connectivity index (χ4n) is 3.34. The lowest BCUT2D eigenvalue weighted by molar-refractivity contribution is 0.179. The Labute approximate surface area is 148 Å². The minimum absolute atomic E-state index is 0.568. The number of nitrogens with zero attached hydrogens (tertiary/aromatic N) is 1. The first kappa shape index (κ1) is 19.3. The highest BCUT2D eigenvalue weighted by atomic mass is 16.5. The number of piperidine rings is 1. The third-order valence-corrected chi connectivity index (χ3v) is 4.84. The first-order valence-electron chi connectivity index (χ1n) is 9.82. The molecule has 1 N–H and O–H groups in total. The van der Waals surface area contributed by atoms with Crippen LogP contribution in [-0.2, 0) is 6.54 Å². The molecule has 0 bridgehead atoms. The van der Waals surface area contributed by atoms with Crippen LogP contribution in [-0.4, -0.2) is 37.7 Å². The summed E-state index contributed by atoms with van der Waals surface area (Å²) in [5.41, 5.74) is 1.33. The summed E-state index contributed by atoms with van der Waals surface area (Å²) < 4.78 is 5.73. The largest absolute Gasteiger partial charge is 0.493 e. The highest BCUT2D eigenvalue weighted by molar-refractivity contribution is 5.27. The van der Waals surface area contributed by atoms with Crippen LogP contribution >= 0.6 is 0 Å². The molecule has 1 aliphatic rings. The van der Waals surface area contributed by atoms with Gasteiger partial charge in [-0.3, -0.25) is 0 Å². The lowest BCUT2D eigenvalue weighted by atomic mass is 9.92. The van der Waals surface area contributed by atoms with Crippen molar-refractivity contribution in [3.63, 3.8) is 0 Å². The number of ether oxygens (including phenoxy) is 1. The van der Waals surface area contributed by atoms with Crippen molar-refractivity contribution in [2.24, 2.45) is 11.8 Å². The van der Waals surface area contributed by atoms with Gasteiger partial charge in [0, 0.05) is 19.6 Å². The molecule has 0 aromatic heterocycles. The average molecular weight is 333 g/mol. The normalized spacial score (nSPS) is 16.7. The van der Waals surface area contributed by atoms with Crippen molar-refractivity contribution < 1.29 is 4.74 Å². The second kappa shape index (κ2) is 10.7. The van der Waals surface area contributed by atoms with E-state index in [1.807, 2.05) is 0 Å².